The van der Waals surface area contributed by atoms with E-state index < -0.39 is 0 Å². The van der Waals surface area contributed by atoms with Crippen LogP contribution in [0.15, 0.2) is 34.9 Å². The fraction of sp³-hybridized carbons (Fsp3) is 0.167. The highest BCUT2D eigenvalue weighted by Gasteiger charge is 2.02. The van der Waals surface area contributed by atoms with Gasteiger partial charge in [-0.15, -0.1) is 11.3 Å². The second-order valence-electron chi connectivity index (χ2n) is 3.32. The SMILES string of the molecule is COc1ccc(/C=N\Nc2nccs2)c(OC)c1. The van der Waals surface area contributed by atoms with Crippen LogP contribution in [0.1, 0.15) is 5.56 Å². The van der Waals surface area contributed by atoms with E-state index in [2.05, 4.69) is 15.5 Å². The molecule has 0 saturated carbocycles. The molecular formula is C12H13N3O2S. The summed E-state index contributed by atoms with van der Waals surface area (Å²) in [6, 6.07) is 5.54. The molecule has 2 aromatic rings. The van der Waals surface area contributed by atoms with Crippen molar-refractivity contribution in [2.45, 2.75) is 0 Å². The summed E-state index contributed by atoms with van der Waals surface area (Å²) in [5.74, 6) is 1.45. The van der Waals surface area contributed by atoms with E-state index in [0.29, 0.717) is 5.75 Å². The Labute approximate surface area is 109 Å². The van der Waals surface area contributed by atoms with Crippen molar-refractivity contribution in [3.8, 4) is 11.5 Å². The number of rotatable bonds is 5. The van der Waals surface area contributed by atoms with Crippen molar-refractivity contribution in [1.29, 1.82) is 0 Å². The van der Waals surface area contributed by atoms with Crippen LogP contribution >= 0.6 is 11.3 Å². The predicted molar refractivity (Wildman–Crippen MR) is 72.9 cm³/mol. The van der Waals surface area contributed by atoms with Crippen molar-refractivity contribution in [2.24, 2.45) is 5.10 Å². The molecule has 0 bridgehead atoms. The lowest BCUT2D eigenvalue weighted by Gasteiger charge is -2.06. The molecule has 0 aliphatic heterocycles. The lowest BCUT2D eigenvalue weighted by molar-refractivity contribution is 0.394. The van der Waals surface area contributed by atoms with E-state index in [-0.39, 0.29) is 0 Å². The molecule has 0 spiro atoms. The Morgan fingerprint density at radius 2 is 2.22 bits per heavy atom. The van der Waals surface area contributed by atoms with Gasteiger partial charge in [0.25, 0.3) is 0 Å². The monoisotopic (exact) mass is 263 g/mol. The van der Waals surface area contributed by atoms with Gasteiger partial charge in [-0.3, -0.25) is 5.43 Å². The van der Waals surface area contributed by atoms with Crippen LogP contribution in [-0.4, -0.2) is 25.4 Å². The second kappa shape index (κ2) is 6.02. The summed E-state index contributed by atoms with van der Waals surface area (Å²) in [4.78, 5) is 4.06. The summed E-state index contributed by atoms with van der Waals surface area (Å²) in [6.45, 7) is 0. The number of anilines is 1. The largest absolute Gasteiger partial charge is 0.497 e. The molecule has 1 aromatic carbocycles. The van der Waals surface area contributed by atoms with E-state index in [0.717, 1.165) is 16.4 Å². The quantitative estimate of drug-likeness (QED) is 0.665. The summed E-state index contributed by atoms with van der Waals surface area (Å²) in [7, 11) is 3.23. The molecule has 0 aliphatic carbocycles. The van der Waals surface area contributed by atoms with Crippen LogP contribution in [-0.2, 0) is 0 Å². The zero-order valence-corrected chi connectivity index (χ0v) is 10.9. The molecule has 18 heavy (non-hydrogen) atoms. The van der Waals surface area contributed by atoms with Gasteiger partial charge in [0, 0.05) is 23.2 Å². The summed E-state index contributed by atoms with van der Waals surface area (Å²) in [5.41, 5.74) is 3.71. The number of thiazole rings is 1. The maximum atomic E-state index is 5.26. The molecule has 0 aliphatic rings. The van der Waals surface area contributed by atoms with Gasteiger partial charge in [-0.25, -0.2) is 4.98 Å². The van der Waals surface area contributed by atoms with E-state index >= 15 is 0 Å². The summed E-state index contributed by atoms with van der Waals surface area (Å²) >= 11 is 1.49. The van der Waals surface area contributed by atoms with E-state index in [1.165, 1.54) is 11.3 Å². The number of nitrogens with one attached hydrogen (secondary N) is 1. The number of benzene rings is 1. The first-order valence-corrected chi connectivity index (χ1v) is 6.12. The molecule has 0 saturated heterocycles. The minimum absolute atomic E-state index is 0.707. The van der Waals surface area contributed by atoms with Gasteiger partial charge in [-0.1, -0.05) is 0 Å². The van der Waals surface area contributed by atoms with Gasteiger partial charge in [-0.2, -0.15) is 5.10 Å². The van der Waals surface area contributed by atoms with Gasteiger partial charge in [0.05, 0.1) is 20.4 Å². The van der Waals surface area contributed by atoms with E-state index in [9.17, 15) is 0 Å². The van der Waals surface area contributed by atoms with Crippen LogP contribution in [0.25, 0.3) is 0 Å². The Balaban J connectivity index is 2.10. The molecule has 1 N–H and O–H groups in total. The Kier molecular flexibility index (Phi) is 4.14. The molecule has 1 aromatic heterocycles. The average Bonchev–Trinajstić information content (AvgIpc) is 2.92. The smallest absolute Gasteiger partial charge is 0.203 e. The lowest BCUT2D eigenvalue weighted by Crippen LogP contribution is -1.94. The molecule has 0 atom stereocenters. The first-order chi connectivity index (χ1) is 8.83. The van der Waals surface area contributed by atoms with Gasteiger partial charge in [0.15, 0.2) is 0 Å². The van der Waals surface area contributed by atoms with Crippen molar-refractivity contribution >= 4 is 22.7 Å². The number of methoxy groups -OCH3 is 2. The van der Waals surface area contributed by atoms with Gasteiger partial charge < -0.3 is 9.47 Å². The first kappa shape index (κ1) is 12.4. The van der Waals surface area contributed by atoms with E-state index in [1.54, 1.807) is 26.6 Å². The molecule has 1 heterocycles. The number of hydrazone groups is 1. The maximum Gasteiger partial charge on any atom is 0.203 e. The van der Waals surface area contributed by atoms with Crippen molar-refractivity contribution < 1.29 is 9.47 Å². The molecule has 2 rings (SSSR count). The number of ether oxygens (including phenoxy) is 2. The maximum absolute atomic E-state index is 5.26. The zero-order valence-electron chi connectivity index (χ0n) is 10.1. The minimum atomic E-state index is 0.707. The molecule has 0 radical (unpaired) electrons. The highest BCUT2D eigenvalue weighted by Crippen LogP contribution is 2.23. The lowest BCUT2D eigenvalue weighted by atomic mass is 10.2. The third kappa shape index (κ3) is 2.98. The zero-order chi connectivity index (χ0) is 12.8. The standard InChI is InChI=1S/C12H13N3O2S/c1-16-10-4-3-9(11(7-10)17-2)8-14-15-12-13-5-6-18-12/h3-8H,1-2H3,(H,13,15)/b14-8-. The van der Waals surface area contributed by atoms with Crippen LogP contribution in [0.2, 0.25) is 0 Å². The topological polar surface area (TPSA) is 55.7 Å². The van der Waals surface area contributed by atoms with Crippen LogP contribution in [0.3, 0.4) is 0 Å². The number of hydrogen-bond donors (Lipinski definition) is 1. The van der Waals surface area contributed by atoms with Crippen molar-refractivity contribution in [3.63, 3.8) is 0 Å². The number of nitrogens with zero attached hydrogens (tertiary/aromatic N) is 2. The van der Waals surface area contributed by atoms with Crippen LogP contribution in [0.5, 0.6) is 11.5 Å². The van der Waals surface area contributed by atoms with Gasteiger partial charge in [-0.05, 0) is 12.1 Å². The van der Waals surface area contributed by atoms with Crippen LogP contribution in [0, 0.1) is 0 Å². The first-order valence-electron chi connectivity index (χ1n) is 5.24. The molecule has 94 valence electrons. The third-order valence-corrected chi connectivity index (χ3v) is 2.91. The molecule has 5 nitrogen and oxygen atoms in total. The van der Waals surface area contributed by atoms with Gasteiger partial charge in [0.2, 0.25) is 5.13 Å². The predicted octanol–water partition coefficient (Wildman–Crippen LogP) is 2.61. The van der Waals surface area contributed by atoms with Crippen LogP contribution in [0.4, 0.5) is 5.13 Å². The fourth-order valence-corrected chi connectivity index (χ4v) is 1.84. The summed E-state index contributed by atoms with van der Waals surface area (Å²) in [6.07, 6.45) is 3.40. The van der Waals surface area contributed by atoms with E-state index in [1.807, 2.05) is 23.6 Å². The molecule has 0 fully saturated rings. The van der Waals surface area contributed by atoms with E-state index in [4.69, 9.17) is 9.47 Å². The molecule has 0 amide bonds. The Morgan fingerprint density at radius 1 is 1.33 bits per heavy atom. The third-order valence-electron chi connectivity index (χ3n) is 2.24. The van der Waals surface area contributed by atoms with Gasteiger partial charge in [0.1, 0.15) is 11.5 Å². The Bertz CT molecular complexity index is 526. The molecule has 6 heteroatoms. The summed E-state index contributed by atoms with van der Waals surface area (Å²) in [5, 5.41) is 6.73. The highest BCUT2D eigenvalue weighted by atomic mass is 32.1. The highest BCUT2D eigenvalue weighted by molar-refractivity contribution is 7.13. The normalized spacial score (nSPS) is 10.6. The van der Waals surface area contributed by atoms with Gasteiger partial charge >= 0.3 is 0 Å². The Hall–Kier alpha value is -2.08. The minimum Gasteiger partial charge on any atom is -0.497 e. The van der Waals surface area contributed by atoms with Crippen molar-refractivity contribution in [2.75, 3.05) is 19.6 Å². The Morgan fingerprint density at radius 3 is 2.89 bits per heavy atom. The second-order valence-corrected chi connectivity index (χ2v) is 4.21. The number of hydrogen-bond acceptors (Lipinski definition) is 6. The summed E-state index contributed by atoms with van der Waals surface area (Å²) < 4.78 is 10.4. The average molecular weight is 263 g/mol. The van der Waals surface area contributed by atoms with Crippen molar-refractivity contribution in [3.05, 3.63) is 35.3 Å². The molecule has 0 unspecified atom stereocenters. The molecular weight excluding hydrogens is 250 g/mol. The van der Waals surface area contributed by atoms with Crippen LogP contribution < -0.4 is 14.9 Å². The van der Waals surface area contributed by atoms with Crippen molar-refractivity contribution in [1.82, 2.24) is 4.98 Å². The fourth-order valence-electron chi connectivity index (χ4n) is 1.36. The number of aromatic nitrogens is 1.